The highest BCUT2D eigenvalue weighted by atomic mass is 19.4. The fourth-order valence-electron chi connectivity index (χ4n) is 2.65. The van der Waals surface area contributed by atoms with Crippen molar-refractivity contribution >= 4 is 23.2 Å². The molecule has 0 aliphatic carbocycles. The number of hydrogen-bond donors (Lipinski definition) is 2. The predicted octanol–water partition coefficient (Wildman–Crippen LogP) is 5.11. The molecular formula is C20H17F3N4O. The normalized spacial score (nSPS) is 11.2. The van der Waals surface area contributed by atoms with Crippen LogP contribution in [-0.2, 0) is 6.18 Å². The zero-order valence-corrected chi connectivity index (χ0v) is 15.1. The molecule has 3 rings (SSSR count). The molecule has 0 bridgehead atoms. The maximum Gasteiger partial charge on any atom is 0.418 e. The zero-order chi connectivity index (χ0) is 20.3. The van der Waals surface area contributed by atoms with E-state index in [9.17, 15) is 18.0 Å². The van der Waals surface area contributed by atoms with Crippen molar-refractivity contribution in [1.82, 2.24) is 9.97 Å². The van der Waals surface area contributed by atoms with E-state index in [-0.39, 0.29) is 17.3 Å². The second-order valence-electron chi connectivity index (χ2n) is 6.21. The average Bonchev–Trinajstić information content (AvgIpc) is 2.64. The molecule has 144 valence electrons. The molecule has 3 aromatic rings. The number of nitrogens with one attached hydrogen (secondary N) is 2. The number of carbonyl (C=O) groups is 1. The highest BCUT2D eigenvalue weighted by molar-refractivity contribution is 6.03. The summed E-state index contributed by atoms with van der Waals surface area (Å²) in [6, 6.07) is 11.9. The number of carbonyl (C=O) groups excluding carboxylic acids is 1. The Morgan fingerprint density at radius 2 is 1.75 bits per heavy atom. The van der Waals surface area contributed by atoms with E-state index in [1.807, 2.05) is 32.0 Å². The summed E-state index contributed by atoms with van der Waals surface area (Å²) in [7, 11) is 0. The van der Waals surface area contributed by atoms with Gasteiger partial charge in [-0.2, -0.15) is 13.2 Å². The van der Waals surface area contributed by atoms with Gasteiger partial charge in [-0.1, -0.05) is 29.8 Å². The van der Waals surface area contributed by atoms with E-state index < -0.39 is 17.6 Å². The minimum absolute atomic E-state index is 0.0563. The lowest BCUT2D eigenvalue weighted by Crippen LogP contribution is -2.18. The van der Waals surface area contributed by atoms with E-state index in [0.717, 1.165) is 22.9 Å². The first-order valence-corrected chi connectivity index (χ1v) is 8.39. The Morgan fingerprint density at radius 3 is 2.46 bits per heavy atom. The van der Waals surface area contributed by atoms with Gasteiger partial charge in [0, 0.05) is 11.9 Å². The van der Waals surface area contributed by atoms with Gasteiger partial charge >= 0.3 is 6.18 Å². The third kappa shape index (κ3) is 4.46. The Kier molecular flexibility index (Phi) is 5.30. The molecule has 8 heteroatoms. The van der Waals surface area contributed by atoms with Gasteiger partial charge in [0.2, 0.25) is 5.95 Å². The number of hydrogen-bond acceptors (Lipinski definition) is 4. The monoisotopic (exact) mass is 386 g/mol. The van der Waals surface area contributed by atoms with Gasteiger partial charge in [-0.25, -0.2) is 9.97 Å². The van der Waals surface area contributed by atoms with Crippen molar-refractivity contribution in [3.05, 3.63) is 77.1 Å². The molecule has 28 heavy (non-hydrogen) atoms. The van der Waals surface area contributed by atoms with Crippen LogP contribution in [-0.4, -0.2) is 15.9 Å². The number of alkyl halides is 3. The molecule has 0 unspecified atom stereocenters. The van der Waals surface area contributed by atoms with Crippen molar-refractivity contribution in [2.24, 2.45) is 0 Å². The summed E-state index contributed by atoms with van der Waals surface area (Å²) < 4.78 is 39.3. The van der Waals surface area contributed by atoms with Crippen molar-refractivity contribution in [3.8, 4) is 0 Å². The molecule has 5 nitrogen and oxygen atoms in total. The van der Waals surface area contributed by atoms with Gasteiger partial charge in [-0.05, 0) is 43.7 Å². The minimum Gasteiger partial charge on any atom is -0.324 e. The Labute approximate surface area is 159 Å². The maximum atomic E-state index is 13.1. The summed E-state index contributed by atoms with van der Waals surface area (Å²) in [6.45, 7) is 3.89. The summed E-state index contributed by atoms with van der Waals surface area (Å²) in [6.07, 6.45) is -3.21. The highest BCUT2D eigenvalue weighted by Gasteiger charge is 2.33. The fraction of sp³-hybridized carbons (Fsp3) is 0.150. The van der Waals surface area contributed by atoms with Gasteiger partial charge in [-0.3, -0.25) is 4.79 Å². The summed E-state index contributed by atoms with van der Waals surface area (Å²) in [5.74, 6) is -0.591. The highest BCUT2D eigenvalue weighted by Crippen LogP contribution is 2.34. The number of benzene rings is 2. The van der Waals surface area contributed by atoms with Crippen LogP contribution in [0.15, 0.2) is 54.7 Å². The van der Waals surface area contributed by atoms with Crippen molar-refractivity contribution in [2.45, 2.75) is 20.0 Å². The fourth-order valence-corrected chi connectivity index (χ4v) is 2.65. The first kappa shape index (κ1) is 19.3. The lowest BCUT2D eigenvalue weighted by atomic mass is 10.1. The molecule has 1 heterocycles. The van der Waals surface area contributed by atoms with Crippen LogP contribution in [0.3, 0.4) is 0 Å². The number of nitrogens with zero attached hydrogens (tertiary/aromatic N) is 2. The van der Waals surface area contributed by atoms with E-state index in [1.165, 1.54) is 30.5 Å². The van der Waals surface area contributed by atoms with E-state index in [2.05, 4.69) is 20.6 Å². The van der Waals surface area contributed by atoms with Crippen LogP contribution in [0.2, 0.25) is 0 Å². The number of halogens is 3. The predicted molar refractivity (Wildman–Crippen MR) is 101 cm³/mol. The SMILES string of the molecule is Cc1ccc(Nc2nccc(C(=O)Nc3ccccc3C(F)(F)F)n2)c(C)c1. The summed E-state index contributed by atoms with van der Waals surface area (Å²) in [5.41, 5.74) is 1.52. The van der Waals surface area contributed by atoms with Crippen molar-refractivity contribution in [1.29, 1.82) is 0 Å². The topological polar surface area (TPSA) is 66.9 Å². The number of para-hydroxylation sites is 1. The van der Waals surface area contributed by atoms with Crippen LogP contribution in [0.25, 0.3) is 0 Å². The molecule has 0 atom stereocenters. The molecule has 0 spiro atoms. The van der Waals surface area contributed by atoms with Gasteiger partial charge < -0.3 is 10.6 Å². The smallest absolute Gasteiger partial charge is 0.324 e. The van der Waals surface area contributed by atoms with Crippen LogP contribution in [0.1, 0.15) is 27.2 Å². The first-order chi connectivity index (χ1) is 13.2. The third-order valence-electron chi connectivity index (χ3n) is 4.00. The van der Waals surface area contributed by atoms with Crippen LogP contribution >= 0.6 is 0 Å². The Morgan fingerprint density at radius 1 is 1.00 bits per heavy atom. The molecule has 1 amide bonds. The second kappa shape index (κ2) is 7.67. The number of anilines is 3. The lowest BCUT2D eigenvalue weighted by Gasteiger charge is -2.13. The van der Waals surface area contributed by atoms with E-state index in [0.29, 0.717) is 0 Å². The van der Waals surface area contributed by atoms with E-state index in [4.69, 9.17) is 0 Å². The Hall–Kier alpha value is -3.42. The van der Waals surface area contributed by atoms with E-state index in [1.54, 1.807) is 0 Å². The van der Waals surface area contributed by atoms with Crippen LogP contribution < -0.4 is 10.6 Å². The standard InChI is InChI=1S/C20H17F3N4O/c1-12-7-8-15(13(2)11-12)26-19-24-10-9-17(27-19)18(28)25-16-6-4-3-5-14(16)20(21,22)23/h3-11H,1-2H3,(H,25,28)(H,24,26,27). The largest absolute Gasteiger partial charge is 0.418 e. The van der Waals surface area contributed by atoms with Gasteiger partial charge in [0.1, 0.15) is 5.69 Å². The van der Waals surface area contributed by atoms with Crippen LogP contribution in [0.4, 0.5) is 30.5 Å². The number of rotatable bonds is 4. The first-order valence-electron chi connectivity index (χ1n) is 8.39. The van der Waals surface area contributed by atoms with Gasteiger partial charge in [0.15, 0.2) is 0 Å². The summed E-state index contributed by atoms with van der Waals surface area (Å²) in [5, 5.41) is 5.28. The second-order valence-corrected chi connectivity index (χ2v) is 6.21. The quantitative estimate of drug-likeness (QED) is 0.654. The molecular weight excluding hydrogens is 369 g/mol. The molecule has 2 aromatic carbocycles. The molecule has 1 aromatic heterocycles. The number of aromatic nitrogens is 2. The molecule has 0 aliphatic rings. The van der Waals surface area contributed by atoms with Crippen molar-refractivity contribution < 1.29 is 18.0 Å². The molecule has 2 N–H and O–H groups in total. The summed E-state index contributed by atoms with van der Waals surface area (Å²) >= 11 is 0. The Balaban J connectivity index is 1.82. The van der Waals surface area contributed by atoms with Crippen molar-refractivity contribution in [3.63, 3.8) is 0 Å². The van der Waals surface area contributed by atoms with Crippen molar-refractivity contribution in [2.75, 3.05) is 10.6 Å². The van der Waals surface area contributed by atoms with Crippen LogP contribution in [0, 0.1) is 13.8 Å². The van der Waals surface area contributed by atoms with Crippen LogP contribution in [0.5, 0.6) is 0 Å². The van der Waals surface area contributed by atoms with Gasteiger partial charge in [0.05, 0.1) is 11.3 Å². The zero-order valence-electron chi connectivity index (χ0n) is 15.1. The maximum absolute atomic E-state index is 13.1. The molecule has 0 aliphatic heterocycles. The van der Waals surface area contributed by atoms with Gasteiger partial charge in [0.25, 0.3) is 5.91 Å². The third-order valence-corrected chi connectivity index (χ3v) is 4.00. The molecule has 0 saturated heterocycles. The van der Waals surface area contributed by atoms with E-state index >= 15 is 0 Å². The Bertz CT molecular complexity index is 1020. The number of aryl methyl sites for hydroxylation is 2. The minimum atomic E-state index is -4.58. The number of amides is 1. The molecule has 0 saturated carbocycles. The average molecular weight is 386 g/mol. The lowest BCUT2D eigenvalue weighted by molar-refractivity contribution is -0.136. The molecule has 0 radical (unpaired) electrons. The molecule has 0 fully saturated rings. The summed E-state index contributed by atoms with van der Waals surface area (Å²) in [4.78, 5) is 20.6. The van der Waals surface area contributed by atoms with Gasteiger partial charge in [-0.15, -0.1) is 0 Å².